The molecule has 0 unspecified atom stereocenters. The number of methoxy groups -OCH3 is 1. The van der Waals surface area contributed by atoms with E-state index in [1.54, 1.807) is 13.2 Å². The zero-order chi connectivity index (χ0) is 21.5. The molecule has 0 aliphatic rings. The number of rotatable bonds is 9. The molecule has 0 fully saturated rings. The van der Waals surface area contributed by atoms with Crippen LogP contribution in [-0.2, 0) is 17.8 Å². The number of benzene rings is 2. The summed E-state index contributed by atoms with van der Waals surface area (Å²) in [6.45, 7) is 6.39. The Balaban J connectivity index is 1.65. The highest BCUT2D eigenvalue weighted by molar-refractivity contribution is 9.10. The number of thioether (sulfide) groups is 1. The monoisotopic (exact) mass is 486 g/mol. The third-order valence-corrected chi connectivity index (χ3v) is 6.26. The van der Waals surface area contributed by atoms with Crippen LogP contribution in [0.15, 0.2) is 64.7 Å². The van der Waals surface area contributed by atoms with Crippen molar-refractivity contribution < 1.29 is 9.53 Å². The van der Waals surface area contributed by atoms with Crippen LogP contribution in [0.5, 0.6) is 5.75 Å². The lowest BCUT2D eigenvalue weighted by Crippen LogP contribution is -2.15. The lowest BCUT2D eigenvalue weighted by molar-refractivity contribution is -0.113. The molecule has 30 heavy (non-hydrogen) atoms. The number of aromatic nitrogens is 3. The SMILES string of the molecule is C=CCn1c(Cc2ccc(OC)cc2)nnc1SCC(=O)Nc1ccc(Br)c(C)c1. The largest absolute Gasteiger partial charge is 0.497 e. The first-order valence-electron chi connectivity index (χ1n) is 9.35. The Morgan fingerprint density at radius 3 is 2.70 bits per heavy atom. The van der Waals surface area contributed by atoms with E-state index in [0.29, 0.717) is 18.1 Å². The molecule has 0 saturated carbocycles. The molecule has 0 atom stereocenters. The molecule has 0 aliphatic heterocycles. The number of carbonyl (C=O) groups excluding carboxylic acids is 1. The summed E-state index contributed by atoms with van der Waals surface area (Å²) in [7, 11) is 1.65. The van der Waals surface area contributed by atoms with Crippen LogP contribution in [0.25, 0.3) is 0 Å². The Labute approximate surface area is 188 Å². The third-order valence-electron chi connectivity index (χ3n) is 4.40. The second-order valence-corrected chi connectivity index (χ2v) is 8.42. The molecule has 1 heterocycles. The zero-order valence-corrected chi connectivity index (χ0v) is 19.3. The number of nitrogens with one attached hydrogen (secondary N) is 1. The van der Waals surface area contributed by atoms with Crippen molar-refractivity contribution in [3.05, 3.63) is 76.5 Å². The molecule has 1 aromatic heterocycles. The Hall–Kier alpha value is -2.58. The van der Waals surface area contributed by atoms with Crippen molar-refractivity contribution in [2.24, 2.45) is 0 Å². The van der Waals surface area contributed by atoms with Crippen molar-refractivity contribution in [3.63, 3.8) is 0 Å². The molecule has 2 aromatic carbocycles. The van der Waals surface area contributed by atoms with Gasteiger partial charge in [-0.15, -0.1) is 16.8 Å². The van der Waals surface area contributed by atoms with E-state index < -0.39 is 0 Å². The summed E-state index contributed by atoms with van der Waals surface area (Å²) in [5.74, 6) is 1.79. The number of carbonyl (C=O) groups is 1. The van der Waals surface area contributed by atoms with E-state index in [9.17, 15) is 4.79 Å². The van der Waals surface area contributed by atoms with E-state index in [0.717, 1.165) is 32.9 Å². The highest BCUT2D eigenvalue weighted by Gasteiger charge is 2.14. The van der Waals surface area contributed by atoms with E-state index in [1.165, 1.54) is 11.8 Å². The van der Waals surface area contributed by atoms with Gasteiger partial charge in [0.05, 0.1) is 12.9 Å². The Morgan fingerprint density at radius 2 is 2.03 bits per heavy atom. The predicted molar refractivity (Wildman–Crippen MR) is 124 cm³/mol. The lowest BCUT2D eigenvalue weighted by atomic mass is 10.1. The summed E-state index contributed by atoms with van der Waals surface area (Å²) in [5.41, 5.74) is 2.94. The average molecular weight is 487 g/mol. The topological polar surface area (TPSA) is 69.0 Å². The Bertz CT molecular complexity index is 1030. The van der Waals surface area contributed by atoms with Crippen LogP contribution in [0.2, 0.25) is 0 Å². The quantitative estimate of drug-likeness (QED) is 0.345. The van der Waals surface area contributed by atoms with Crippen LogP contribution in [0.1, 0.15) is 17.0 Å². The van der Waals surface area contributed by atoms with Crippen LogP contribution in [0.4, 0.5) is 5.69 Å². The van der Waals surface area contributed by atoms with Crippen LogP contribution >= 0.6 is 27.7 Å². The molecule has 0 bridgehead atoms. The van der Waals surface area contributed by atoms with E-state index in [4.69, 9.17) is 4.74 Å². The molecule has 1 N–H and O–H groups in total. The number of hydrogen-bond acceptors (Lipinski definition) is 5. The van der Waals surface area contributed by atoms with Crippen molar-refractivity contribution in [2.45, 2.75) is 25.0 Å². The molecule has 0 aliphatic carbocycles. The third kappa shape index (κ3) is 5.73. The number of allylic oxidation sites excluding steroid dienone is 1. The van der Waals surface area contributed by atoms with E-state index in [1.807, 2.05) is 54.0 Å². The molecule has 3 rings (SSSR count). The maximum absolute atomic E-state index is 12.4. The molecule has 3 aromatic rings. The van der Waals surface area contributed by atoms with E-state index >= 15 is 0 Å². The minimum absolute atomic E-state index is 0.0911. The summed E-state index contributed by atoms with van der Waals surface area (Å²) >= 11 is 4.82. The van der Waals surface area contributed by atoms with E-state index in [-0.39, 0.29) is 11.7 Å². The molecule has 1 amide bonds. The van der Waals surface area contributed by atoms with Gasteiger partial charge in [0.2, 0.25) is 5.91 Å². The van der Waals surface area contributed by atoms with Crippen LogP contribution in [-0.4, -0.2) is 33.5 Å². The highest BCUT2D eigenvalue weighted by atomic mass is 79.9. The number of hydrogen-bond donors (Lipinski definition) is 1. The predicted octanol–water partition coefficient (Wildman–Crippen LogP) is 4.87. The Kier molecular flexibility index (Phi) is 7.70. The smallest absolute Gasteiger partial charge is 0.234 e. The normalized spacial score (nSPS) is 10.6. The van der Waals surface area contributed by atoms with Gasteiger partial charge >= 0.3 is 0 Å². The van der Waals surface area contributed by atoms with Crippen LogP contribution < -0.4 is 10.1 Å². The molecule has 0 spiro atoms. The standard InChI is InChI=1S/C22H23BrN4O2S/c1-4-11-27-20(13-16-5-8-18(29-3)9-6-16)25-26-22(27)30-14-21(28)24-17-7-10-19(23)15(2)12-17/h4-10,12H,1,11,13-14H2,2-3H3,(H,24,28). The van der Waals surface area contributed by atoms with Gasteiger partial charge in [0.1, 0.15) is 11.6 Å². The minimum Gasteiger partial charge on any atom is -0.497 e. The Morgan fingerprint density at radius 1 is 1.27 bits per heavy atom. The van der Waals surface area contributed by atoms with Gasteiger partial charge in [0, 0.05) is 23.1 Å². The second kappa shape index (κ2) is 10.4. The fraction of sp³-hybridized carbons (Fsp3) is 0.227. The summed E-state index contributed by atoms with van der Waals surface area (Å²) in [4.78, 5) is 12.4. The number of nitrogens with zero attached hydrogens (tertiary/aromatic N) is 3. The summed E-state index contributed by atoms with van der Waals surface area (Å²) < 4.78 is 8.20. The van der Waals surface area contributed by atoms with Crippen molar-refractivity contribution in [2.75, 3.05) is 18.2 Å². The van der Waals surface area contributed by atoms with Gasteiger partial charge in [-0.2, -0.15) is 0 Å². The van der Waals surface area contributed by atoms with Crippen LogP contribution in [0, 0.1) is 6.92 Å². The summed E-state index contributed by atoms with van der Waals surface area (Å²) in [5, 5.41) is 12.2. The zero-order valence-electron chi connectivity index (χ0n) is 16.9. The molecule has 6 nitrogen and oxygen atoms in total. The van der Waals surface area contributed by atoms with Crippen molar-refractivity contribution >= 4 is 39.3 Å². The van der Waals surface area contributed by atoms with Gasteiger partial charge in [-0.05, 0) is 48.4 Å². The van der Waals surface area contributed by atoms with Gasteiger partial charge < -0.3 is 14.6 Å². The molecular formula is C22H23BrN4O2S. The van der Waals surface area contributed by atoms with E-state index in [2.05, 4.69) is 38.0 Å². The maximum Gasteiger partial charge on any atom is 0.234 e. The molecule has 0 radical (unpaired) electrons. The number of amides is 1. The van der Waals surface area contributed by atoms with Crippen molar-refractivity contribution in [1.29, 1.82) is 0 Å². The van der Waals surface area contributed by atoms with Gasteiger partial charge in [0.25, 0.3) is 0 Å². The molecule has 8 heteroatoms. The maximum atomic E-state index is 12.4. The van der Waals surface area contributed by atoms with Crippen LogP contribution in [0.3, 0.4) is 0 Å². The highest BCUT2D eigenvalue weighted by Crippen LogP contribution is 2.22. The average Bonchev–Trinajstić information content (AvgIpc) is 3.11. The molecular weight excluding hydrogens is 464 g/mol. The number of anilines is 1. The lowest BCUT2D eigenvalue weighted by Gasteiger charge is -2.09. The van der Waals surface area contributed by atoms with Gasteiger partial charge in [0.15, 0.2) is 5.16 Å². The molecule has 156 valence electrons. The fourth-order valence-electron chi connectivity index (χ4n) is 2.84. The summed E-state index contributed by atoms with van der Waals surface area (Å²) in [6, 6.07) is 13.6. The first-order chi connectivity index (χ1) is 14.5. The van der Waals surface area contributed by atoms with Crippen molar-refractivity contribution in [1.82, 2.24) is 14.8 Å². The molecule has 0 saturated heterocycles. The van der Waals surface area contributed by atoms with Gasteiger partial charge in [-0.25, -0.2) is 0 Å². The number of halogens is 1. The summed E-state index contributed by atoms with van der Waals surface area (Å²) in [6.07, 6.45) is 2.44. The number of ether oxygens (including phenoxy) is 1. The fourth-order valence-corrected chi connectivity index (χ4v) is 3.86. The number of aryl methyl sites for hydroxylation is 1. The van der Waals surface area contributed by atoms with Gasteiger partial charge in [-0.1, -0.05) is 45.9 Å². The second-order valence-electron chi connectivity index (χ2n) is 6.62. The first-order valence-corrected chi connectivity index (χ1v) is 11.1. The van der Waals surface area contributed by atoms with Gasteiger partial charge in [-0.3, -0.25) is 4.79 Å². The van der Waals surface area contributed by atoms with Crippen molar-refractivity contribution in [3.8, 4) is 5.75 Å². The first kappa shape index (κ1) is 22.1. The minimum atomic E-state index is -0.0911.